The number of benzene rings is 1. The molecule has 1 N–H and O–H groups in total. The summed E-state index contributed by atoms with van der Waals surface area (Å²) >= 11 is 0. The molecule has 0 fully saturated rings. The Balaban J connectivity index is 2.08. The average Bonchev–Trinajstić information content (AvgIpc) is 2.40. The molecule has 0 saturated heterocycles. The van der Waals surface area contributed by atoms with Crippen molar-refractivity contribution < 1.29 is 9.53 Å². The maximum atomic E-state index is 12.1. The van der Waals surface area contributed by atoms with Crippen molar-refractivity contribution in [2.75, 3.05) is 6.61 Å². The minimum absolute atomic E-state index is 0.0365. The predicted molar refractivity (Wildman–Crippen MR) is 85.3 cm³/mol. The molecule has 0 saturated carbocycles. The van der Waals surface area contributed by atoms with E-state index in [0.29, 0.717) is 12.2 Å². The lowest BCUT2D eigenvalue weighted by Gasteiger charge is -2.25. The van der Waals surface area contributed by atoms with E-state index >= 15 is 0 Å². The van der Waals surface area contributed by atoms with Gasteiger partial charge in [0.15, 0.2) is 0 Å². The number of rotatable bonds is 2. The van der Waals surface area contributed by atoms with Gasteiger partial charge in [-0.2, -0.15) is 0 Å². The van der Waals surface area contributed by atoms with Crippen LogP contribution in [0.4, 0.5) is 0 Å². The van der Waals surface area contributed by atoms with Gasteiger partial charge in [-0.1, -0.05) is 17.7 Å². The van der Waals surface area contributed by atoms with Gasteiger partial charge in [0.05, 0.1) is 12.7 Å². The molecule has 3 nitrogen and oxygen atoms in total. The normalized spacial score (nSPS) is 19.6. The van der Waals surface area contributed by atoms with Gasteiger partial charge < -0.3 is 10.1 Å². The molecule has 1 aromatic carbocycles. The number of hydrogen-bond acceptors (Lipinski definition) is 2. The fourth-order valence-electron chi connectivity index (χ4n) is 2.34. The van der Waals surface area contributed by atoms with Gasteiger partial charge in [-0.15, -0.1) is 0 Å². The van der Waals surface area contributed by atoms with Gasteiger partial charge in [0.1, 0.15) is 0 Å². The second kappa shape index (κ2) is 6.02. The van der Waals surface area contributed by atoms with Crippen molar-refractivity contribution in [2.24, 2.45) is 0 Å². The first-order chi connectivity index (χ1) is 9.76. The van der Waals surface area contributed by atoms with Crippen LogP contribution >= 0.6 is 0 Å². The molecule has 0 aliphatic carbocycles. The Morgan fingerprint density at radius 2 is 1.76 bits per heavy atom. The van der Waals surface area contributed by atoms with Gasteiger partial charge in [0, 0.05) is 11.1 Å². The van der Waals surface area contributed by atoms with E-state index in [1.807, 2.05) is 45.0 Å². The first-order valence-corrected chi connectivity index (χ1v) is 7.45. The molecular formula is C18H25NO2. The molecule has 3 heteroatoms. The molecule has 1 unspecified atom stereocenters. The third-order valence-electron chi connectivity index (χ3n) is 3.75. The van der Waals surface area contributed by atoms with Crippen LogP contribution in [0.25, 0.3) is 0 Å². The zero-order valence-electron chi connectivity index (χ0n) is 13.6. The Kier molecular flexibility index (Phi) is 4.52. The lowest BCUT2D eigenvalue weighted by Crippen LogP contribution is -2.40. The highest BCUT2D eigenvalue weighted by Gasteiger charge is 2.20. The van der Waals surface area contributed by atoms with Gasteiger partial charge >= 0.3 is 0 Å². The summed E-state index contributed by atoms with van der Waals surface area (Å²) in [6.07, 6.45) is 1.03. The molecule has 0 radical (unpaired) electrons. The molecule has 1 aromatic rings. The molecule has 1 aliphatic rings. The summed E-state index contributed by atoms with van der Waals surface area (Å²) in [6.45, 7) is 10.9. The van der Waals surface area contributed by atoms with Gasteiger partial charge in [0.2, 0.25) is 0 Å². The Hall–Kier alpha value is -1.61. The number of hydrogen-bond donors (Lipinski definition) is 1. The zero-order valence-corrected chi connectivity index (χ0v) is 13.6. The Labute approximate surface area is 127 Å². The van der Waals surface area contributed by atoms with Gasteiger partial charge in [-0.25, -0.2) is 0 Å². The van der Waals surface area contributed by atoms with Crippen LogP contribution in [-0.4, -0.2) is 18.1 Å². The monoisotopic (exact) mass is 287 g/mol. The van der Waals surface area contributed by atoms with Gasteiger partial charge in [0.25, 0.3) is 5.91 Å². The Morgan fingerprint density at radius 3 is 2.29 bits per heavy atom. The van der Waals surface area contributed by atoms with E-state index in [1.54, 1.807) is 0 Å². The lowest BCUT2D eigenvalue weighted by atomic mass is 9.96. The van der Waals surface area contributed by atoms with E-state index in [-0.39, 0.29) is 17.6 Å². The van der Waals surface area contributed by atoms with Crippen LogP contribution in [-0.2, 0) is 4.74 Å². The quantitative estimate of drug-likeness (QED) is 0.835. The minimum Gasteiger partial charge on any atom is -0.369 e. The van der Waals surface area contributed by atoms with Crippen molar-refractivity contribution in [3.8, 4) is 0 Å². The Morgan fingerprint density at radius 1 is 1.14 bits per heavy atom. The molecule has 1 amide bonds. The lowest BCUT2D eigenvalue weighted by molar-refractivity contribution is 0.0578. The van der Waals surface area contributed by atoms with Gasteiger partial charge in [-0.05, 0) is 64.3 Å². The molecule has 1 heterocycles. The molecule has 1 aliphatic heterocycles. The van der Waals surface area contributed by atoms with Crippen LogP contribution in [0.1, 0.15) is 63.1 Å². The van der Waals surface area contributed by atoms with Crippen LogP contribution in [0.5, 0.6) is 0 Å². The van der Waals surface area contributed by atoms with E-state index < -0.39 is 0 Å². The largest absolute Gasteiger partial charge is 0.369 e. The molecule has 2 rings (SSSR count). The summed E-state index contributed by atoms with van der Waals surface area (Å²) < 4.78 is 5.87. The highest BCUT2D eigenvalue weighted by molar-refractivity contribution is 5.94. The highest BCUT2D eigenvalue weighted by atomic mass is 16.5. The summed E-state index contributed by atoms with van der Waals surface area (Å²) in [6, 6.07) is 7.74. The van der Waals surface area contributed by atoms with Crippen LogP contribution < -0.4 is 5.32 Å². The maximum absolute atomic E-state index is 12.1. The molecule has 114 valence electrons. The highest BCUT2D eigenvalue weighted by Crippen LogP contribution is 2.31. The predicted octanol–water partition coefficient (Wildman–Crippen LogP) is 4.01. The average molecular weight is 287 g/mol. The van der Waals surface area contributed by atoms with Crippen molar-refractivity contribution in [1.82, 2.24) is 5.32 Å². The van der Waals surface area contributed by atoms with Crippen molar-refractivity contribution in [3.63, 3.8) is 0 Å². The summed E-state index contributed by atoms with van der Waals surface area (Å²) in [7, 11) is 0. The zero-order chi connectivity index (χ0) is 15.6. The van der Waals surface area contributed by atoms with Crippen LogP contribution in [0.15, 0.2) is 35.4 Å². The van der Waals surface area contributed by atoms with Crippen molar-refractivity contribution >= 4 is 5.91 Å². The summed E-state index contributed by atoms with van der Waals surface area (Å²) in [5.74, 6) is -0.0365. The first kappa shape index (κ1) is 15.8. The standard InChI is InChI=1S/C18H25NO2/c1-12-10-16(21-11-13(12)2)14-6-8-15(9-7-14)17(20)19-18(3,4)5/h6-9,16H,10-11H2,1-5H3,(H,19,20). The summed E-state index contributed by atoms with van der Waals surface area (Å²) in [4.78, 5) is 12.1. The topological polar surface area (TPSA) is 38.3 Å². The fraction of sp³-hybridized carbons (Fsp3) is 0.500. The number of ether oxygens (including phenoxy) is 1. The maximum Gasteiger partial charge on any atom is 0.251 e. The van der Waals surface area contributed by atoms with E-state index in [9.17, 15) is 4.79 Å². The number of carbonyl (C=O) groups is 1. The molecule has 0 bridgehead atoms. The van der Waals surface area contributed by atoms with Gasteiger partial charge in [-0.3, -0.25) is 4.79 Å². The third kappa shape index (κ3) is 4.18. The first-order valence-electron chi connectivity index (χ1n) is 7.45. The minimum atomic E-state index is -0.221. The van der Waals surface area contributed by atoms with Crippen molar-refractivity contribution in [2.45, 2.75) is 52.7 Å². The summed E-state index contributed by atoms with van der Waals surface area (Å²) in [5.41, 5.74) is 4.33. The number of amides is 1. The van der Waals surface area contributed by atoms with Crippen LogP contribution in [0.3, 0.4) is 0 Å². The van der Waals surface area contributed by atoms with Crippen LogP contribution in [0.2, 0.25) is 0 Å². The van der Waals surface area contributed by atoms with Crippen molar-refractivity contribution in [3.05, 3.63) is 46.5 Å². The summed E-state index contributed by atoms with van der Waals surface area (Å²) in [5, 5.41) is 2.97. The number of carbonyl (C=O) groups excluding carboxylic acids is 1. The van der Waals surface area contributed by atoms with Crippen LogP contribution in [0, 0.1) is 0 Å². The Bertz CT molecular complexity index is 550. The SMILES string of the molecule is CC1=C(C)CC(c2ccc(C(=O)NC(C)(C)C)cc2)OC1. The molecule has 0 aromatic heterocycles. The van der Waals surface area contributed by atoms with E-state index in [1.165, 1.54) is 11.1 Å². The molecule has 21 heavy (non-hydrogen) atoms. The van der Waals surface area contributed by atoms with E-state index in [4.69, 9.17) is 4.74 Å². The van der Waals surface area contributed by atoms with Crippen molar-refractivity contribution in [1.29, 1.82) is 0 Å². The van der Waals surface area contributed by atoms with E-state index in [2.05, 4.69) is 19.2 Å². The molecule has 0 spiro atoms. The van der Waals surface area contributed by atoms with E-state index in [0.717, 1.165) is 12.0 Å². The second-order valence-corrected chi connectivity index (χ2v) is 6.89. The fourth-order valence-corrected chi connectivity index (χ4v) is 2.34. The number of nitrogens with one attached hydrogen (secondary N) is 1. The molecule has 1 atom stereocenters. The third-order valence-corrected chi connectivity index (χ3v) is 3.75. The second-order valence-electron chi connectivity index (χ2n) is 6.89. The smallest absolute Gasteiger partial charge is 0.251 e. The molecular weight excluding hydrogens is 262 g/mol.